The number of fused-ring (bicyclic) bond motifs is 1. The summed E-state index contributed by atoms with van der Waals surface area (Å²) in [6, 6.07) is 20.3. The summed E-state index contributed by atoms with van der Waals surface area (Å²) in [7, 11) is 0. The Morgan fingerprint density at radius 3 is 2.38 bits per heavy atom. The molecule has 0 saturated carbocycles. The lowest BCUT2D eigenvalue weighted by molar-refractivity contribution is -0.137. The summed E-state index contributed by atoms with van der Waals surface area (Å²) in [5.41, 5.74) is 3.20. The zero-order chi connectivity index (χ0) is 21.9. The predicted molar refractivity (Wildman–Crippen MR) is 123 cm³/mol. The molecule has 2 amide bonds. The lowest BCUT2D eigenvalue weighted by Gasteiger charge is -2.35. The highest BCUT2D eigenvalue weighted by molar-refractivity contribution is 5.98. The van der Waals surface area contributed by atoms with Gasteiger partial charge in [-0.25, -0.2) is 4.68 Å². The number of nitrogens with zero attached hydrogens (tertiary/aromatic N) is 4. The van der Waals surface area contributed by atoms with Crippen LogP contribution < -0.4 is 5.32 Å². The van der Waals surface area contributed by atoms with Crippen molar-refractivity contribution in [3.63, 3.8) is 0 Å². The summed E-state index contributed by atoms with van der Waals surface area (Å²) in [4.78, 5) is 30.0. The average Bonchev–Trinajstić information content (AvgIpc) is 3.23. The number of nitrogens with one attached hydrogen (secondary N) is 1. The minimum absolute atomic E-state index is 0.0448. The Morgan fingerprint density at radius 1 is 0.969 bits per heavy atom. The van der Waals surface area contributed by atoms with Gasteiger partial charge in [0.15, 0.2) is 0 Å². The van der Waals surface area contributed by atoms with Crippen molar-refractivity contribution in [2.45, 2.75) is 19.5 Å². The van der Waals surface area contributed by atoms with Crippen molar-refractivity contribution in [1.82, 2.24) is 19.6 Å². The quantitative estimate of drug-likeness (QED) is 0.677. The topological polar surface area (TPSA) is 70.5 Å². The Kier molecular flexibility index (Phi) is 5.73. The molecule has 1 N–H and O–H groups in total. The van der Waals surface area contributed by atoms with Crippen LogP contribution in [0.15, 0.2) is 66.9 Å². The number of hydrogen-bond donors (Lipinski definition) is 1. The van der Waals surface area contributed by atoms with Crippen LogP contribution in [-0.4, -0.2) is 57.6 Å². The van der Waals surface area contributed by atoms with Gasteiger partial charge in [0, 0.05) is 44.7 Å². The van der Waals surface area contributed by atoms with E-state index in [1.165, 1.54) is 5.56 Å². The highest BCUT2D eigenvalue weighted by Crippen LogP contribution is 2.32. The Bertz CT molecular complexity index is 1090. The monoisotopic (exact) mass is 429 g/mol. The second-order valence-corrected chi connectivity index (χ2v) is 8.49. The van der Waals surface area contributed by atoms with Crippen LogP contribution in [0.1, 0.15) is 12.0 Å². The molecule has 1 aromatic heterocycles. The first kappa shape index (κ1) is 20.5. The van der Waals surface area contributed by atoms with E-state index in [2.05, 4.69) is 39.6 Å². The van der Waals surface area contributed by atoms with Crippen molar-refractivity contribution in [2.75, 3.05) is 31.5 Å². The first-order chi connectivity index (χ1) is 15.7. The third kappa shape index (κ3) is 4.29. The first-order valence-electron chi connectivity index (χ1n) is 11.1. The molecule has 2 aromatic carbocycles. The fourth-order valence-electron chi connectivity index (χ4n) is 4.49. The van der Waals surface area contributed by atoms with Crippen molar-refractivity contribution in [1.29, 1.82) is 0 Å². The zero-order valence-electron chi connectivity index (χ0n) is 18.0. The van der Waals surface area contributed by atoms with Crippen LogP contribution in [0.3, 0.4) is 0 Å². The average molecular weight is 430 g/mol. The van der Waals surface area contributed by atoms with E-state index in [0.29, 0.717) is 25.5 Å². The molecule has 3 aromatic rings. The molecule has 7 heteroatoms. The first-order valence-corrected chi connectivity index (χ1v) is 11.1. The van der Waals surface area contributed by atoms with Gasteiger partial charge in [0.1, 0.15) is 5.82 Å². The van der Waals surface area contributed by atoms with Gasteiger partial charge in [0.25, 0.3) is 0 Å². The van der Waals surface area contributed by atoms with Gasteiger partial charge < -0.3 is 10.2 Å². The van der Waals surface area contributed by atoms with Gasteiger partial charge in [-0.15, -0.1) is 0 Å². The molecule has 164 valence electrons. The number of carbonyl (C=O) groups is 2. The lowest BCUT2D eigenvalue weighted by atomic mass is 10.0. The number of anilines is 1. The molecule has 0 aliphatic carbocycles. The Labute approximate surface area is 187 Å². The second-order valence-electron chi connectivity index (χ2n) is 8.49. The molecule has 1 saturated heterocycles. The van der Waals surface area contributed by atoms with Crippen LogP contribution in [0.2, 0.25) is 0 Å². The van der Waals surface area contributed by atoms with Crippen molar-refractivity contribution < 1.29 is 9.59 Å². The fraction of sp³-hybridized carbons (Fsp3) is 0.320. The standard InChI is InChI=1S/C25H27N5O2/c31-23(29-13-11-28(12-14-29)17-19-7-3-1-4-8-19)15-21-18-30-24(27-25(21)32)22(16-26-30)20-9-5-2-6-10-20/h1-10,16,21H,11-15,17-18H2,(H,27,32). The molecule has 1 fully saturated rings. The van der Waals surface area contributed by atoms with E-state index >= 15 is 0 Å². The largest absolute Gasteiger partial charge is 0.340 e. The maximum atomic E-state index is 12.9. The van der Waals surface area contributed by atoms with Crippen LogP contribution in [0.25, 0.3) is 11.1 Å². The van der Waals surface area contributed by atoms with Gasteiger partial charge in [0.05, 0.1) is 18.7 Å². The second kappa shape index (κ2) is 8.96. The van der Waals surface area contributed by atoms with Crippen molar-refractivity contribution in [3.8, 4) is 11.1 Å². The lowest BCUT2D eigenvalue weighted by Crippen LogP contribution is -2.49. The zero-order valence-corrected chi connectivity index (χ0v) is 18.0. The number of rotatable bonds is 5. The molecule has 0 bridgehead atoms. The van der Waals surface area contributed by atoms with Crippen molar-refractivity contribution in [3.05, 3.63) is 72.4 Å². The molecule has 7 nitrogen and oxygen atoms in total. The van der Waals surface area contributed by atoms with Gasteiger partial charge in [0.2, 0.25) is 11.8 Å². The fourth-order valence-corrected chi connectivity index (χ4v) is 4.49. The summed E-state index contributed by atoms with van der Waals surface area (Å²) in [5.74, 6) is 0.245. The van der Waals surface area contributed by atoms with E-state index in [0.717, 1.165) is 30.8 Å². The highest BCUT2D eigenvalue weighted by Gasteiger charge is 2.32. The van der Waals surface area contributed by atoms with E-state index in [1.54, 1.807) is 10.9 Å². The number of benzene rings is 2. The summed E-state index contributed by atoms with van der Waals surface area (Å²) in [6.45, 7) is 4.42. The molecule has 2 aliphatic rings. The molecule has 2 aliphatic heterocycles. The van der Waals surface area contributed by atoms with Crippen LogP contribution in [0.5, 0.6) is 0 Å². The minimum Gasteiger partial charge on any atom is -0.340 e. The Morgan fingerprint density at radius 2 is 1.66 bits per heavy atom. The van der Waals surface area contributed by atoms with E-state index in [-0.39, 0.29) is 18.2 Å². The number of carbonyl (C=O) groups excluding carboxylic acids is 2. The molecule has 0 radical (unpaired) electrons. The third-order valence-electron chi connectivity index (χ3n) is 6.32. The number of piperazine rings is 1. The summed E-state index contributed by atoms with van der Waals surface area (Å²) >= 11 is 0. The molecule has 32 heavy (non-hydrogen) atoms. The SMILES string of the molecule is O=C1Nc2c(-c3ccccc3)cnn2CC1CC(=O)N1CCN(Cc2ccccc2)CC1. The summed E-state index contributed by atoms with van der Waals surface area (Å²) in [5, 5.41) is 7.44. The van der Waals surface area contributed by atoms with Gasteiger partial charge >= 0.3 is 0 Å². The number of amides is 2. The molecule has 3 heterocycles. The minimum atomic E-state index is -0.402. The van der Waals surface area contributed by atoms with Crippen LogP contribution in [0.4, 0.5) is 5.82 Å². The van der Waals surface area contributed by atoms with E-state index in [1.807, 2.05) is 41.3 Å². The smallest absolute Gasteiger partial charge is 0.231 e. The maximum absolute atomic E-state index is 12.9. The van der Waals surface area contributed by atoms with E-state index in [9.17, 15) is 9.59 Å². The normalized spacial score (nSPS) is 18.8. The highest BCUT2D eigenvalue weighted by atomic mass is 16.2. The van der Waals surface area contributed by atoms with Crippen LogP contribution in [0, 0.1) is 5.92 Å². The van der Waals surface area contributed by atoms with Gasteiger partial charge in [-0.2, -0.15) is 5.10 Å². The van der Waals surface area contributed by atoms with E-state index < -0.39 is 5.92 Å². The van der Waals surface area contributed by atoms with Gasteiger partial charge in [-0.1, -0.05) is 60.7 Å². The van der Waals surface area contributed by atoms with Crippen LogP contribution >= 0.6 is 0 Å². The van der Waals surface area contributed by atoms with Gasteiger partial charge in [-0.3, -0.25) is 14.5 Å². The summed E-state index contributed by atoms with van der Waals surface area (Å²) in [6.07, 6.45) is 1.99. The predicted octanol–water partition coefficient (Wildman–Crippen LogP) is 2.85. The Hall–Kier alpha value is -3.45. The molecular formula is C25H27N5O2. The molecular weight excluding hydrogens is 402 g/mol. The van der Waals surface area contributed by atoms with Crippen molar-refractivity contribution in [2.24, 2.45) is 5.92 Å². The molecule has 5 rings (SSSR count). The number of aromatic nitrogens is 2. The molecule has 0 spiro atoms. The Balaban J connectivity index is 1.17. The third-order valence-corrected chi connectivity index (χ3v) is 6.32. The van der Waals surface area contributed by atoms with Gasteiger partial charge in [-0.05, 0) is 11.1 Å². The number of hydrogen-bond acceptors (Lipinski definition) is 4. The van der Waals surface area contributed by atoms with Crippen molar-refractivity contribution >= 4 is 17.6 Å². The maximum Gasteiger partial charge on any atom is 0.231 e. The summed E-state index contributed by atoms with van der Waals surface area (Å²) < 4.78 is 1.81. The van der Waals surface area contributed by atoms with E-state index in [4.69, 9.17) is 0 Å². The molecule has 1 unspecified atom stereocenters. The molecule has 1 atom stereocenters. The van der Waals surface area contributed by atoms with Crippen LogP contribution in [-0.2, 0) is 22.7 Å².